The minimum Gasteiger partial charge on any atom is -0.508 e. The number of amides is 1. The molecule has 0 aromatic heterocycles. The van der Waals surface area contributed by atoms with Gasteiger partial charge in [0.2, 0.25) is 5.91 Å². The number of anilines is 2. The third kappa shape index (κ3) is 5.30. The van der Waals surface area contributed by atoms with Crippen molar-refractivity contribution in [2.75, 3.05) is 42.9 Å². The zero-order valence-electron chi connectivity index (χ0n) is 16.7. The summed E-state index contributed by atoms with van der Waals surface area (Å²) in [4.78, 5) is 16.9. The van der Waals surface area contributed by atoms with E-state index in [1.807, 2.05) is 66.7 Å². The van der Waals surface area contributed by atoms with E-state index < -0.39 is 0 Å². The molecule has 1 aliphatic heterocycles. The number of carbonyl (C=O) groups is 1. The van der Waals surface area contributed by atoms with Gasteiger partial charge in [-0.1, -0.05) is 24.3 Å². The Kier molecular flexibility index (Phi) is 6.15. The molecule has 0 spiro atoms. The number of benzene rings is 3. The van der Waals surface area contributed by atoms with Crippen molar-refractivity contribution < 1.29 is 14.6 Å². The largest absolute Gasteiger partial charge is 0.508 e. The van der Waals surface area contributed by atoms with Crippen molar-refractivity contribution >= 4 is 17.3 Å². The Bertz CT molecular complexity index is 969. The Balaban J connectivity index is 1.27. The monoisotopic (exact) mass is 403 g/mol. The molecule has 0 aliphatic carbocycles. The van der Waals surface area contributed by atoms with Gasteiger partial charge in [0.15, 0.2) is 0 Å². The Hall–Kier alpha value is -3.51. The molecule has 154 valence electrons. The van der Waals surface area contributed by atoms with Gasteiger partial charge in [0.05, 0.1) is 6.54 Å². The van der Waals surface area contributed by atoms with Crippen molar-refractivity contribution in [1.82, 2.24) is 4.90 Å². The lowest BCUT2D eigenvalue weighted by atomic mass is 10.2. The first-order chi connectivity index (χ1) is 14.7. The van der Waals surface area contributed by atoms with Crippen LogP contribution in [0.15, 0.2) is 78.9 Å². The van der Waals surface area contributed by atoms with E-state index in [9.17, 15) is 9.90 Å². The second-order valence-electron chi connectivity index (χ2n) is 7.27. The number of rotatable bonds is 6. The van der Waals surface area contributed by atoms with Gasteiger partial charge in [-0.2, -0.15) is 0 Å². The first-order valence-corrected chi connectivity index (χ1v) is 10.0. The molecule has 1 amide bonds. The minimum absolute atomic E-state index is 0.0371. The zero-order valence-corrected chi connectivity index (χ0v) is 16.7. The second-order valence-corrected chi connectivity index (χ2v) is 7.27. The van der Waals surface area contributed by atoms with Gasteiger partial charge in [0.25, 0.3) is 0 Å². The van der Waals surface area contributed by atoms with E-state index in [4.69, 9.17) is 4.74 Å². The molecule has 3 aromatic rings. The van der Waals surface area contributed by atoms with Crippen LogP contribution in [0, 0.1) is 0 Å². The van der Waals surface area contributed by atoms with Crippen LogP contribution < -0.4 is 15.0 Å². The molecule has 3 aromatic carbocycles. The summed E-state index contributed by atoms with van der Waals surface area (Å²) in [5.41, 5.74) is 1.81. The average Bonchev–Trinajstić information content (AvgIpc) is 2.76. The van der Waals surface area contributed by atoms with Gasteiger partial charge in [-0.25, -0.2) is 0 Å². The van der Waals surface area contributed by atoms with Gasteiger partial charge < -0.3 is 20.1 Å². The van der Waals surface area contributed by atoms with Crippen LogP contribution in [-0.4, -0.2) is 48.6 Å². The Labute approximate surface area is 176 Å². The number of carbonyl (C=O) groups excluding carboxylic acids is 1. The molecule has 1 heterocycles. The number of hydrogen-bond donors (Lipinski definition) is 2. The summed E-state index contributed by atoms with van der Waals surface area (Å²) >= 11 is 0. The Morgan fingerprint density at radius 3 is 2.30 bits per heavy atom. The average molecular weight is 403 g/mol. The lowest BCUT2D eigenvalue weighted by Gasteiger charge is -2.35. The SMILES string of the molecule is O=C(CN1CCN(c2ccc(O)cc2)CC1)Nc1cccc(Oc2ccccc2)c1. The standard InChI is InChI=1S/C24H25N3O3/c28-21-11-9-20(10-12-21)27-15-13-26(14-16-27)18-24(29)25-19-5-4-8-23(17-19)30-22-6-2-1-3-7-22/h1-12,17,28H,13-16,18H2,(H,25,29). The van der Waals surface area contributed by atoms with Crippen LogP contribution in [0.2, 0.25) is 0 Å². The summed E-state index contributed by atoms with van der Waals surface area (Å²) in [5.74, 6) is 1.67. The predicted molar refractivity (Wildman–Crippen MR) is 118 cm³/mol. The van der Waals surface area contributed by atoms with Crippen molar-refractivity contribution in [2.45, 2.75) is 0 Å². The normalized spacial score (nSPS) is 14.3. The summed E-state index contributed by atoms with van der Waals surface area (Å²) in [5, 5.41) is 12.4. The van der Waals surface area contributed by atoms with Crippen molar-refractivity contribution in [2.24, 2.45) is 0 Å². The summed E-state index contributed by atoms with van der Waals surface area (Å²) in [6, 6.07) is 24.2. The third-order valence-electron chi connectivity index (χ3n) is 5.05. The fourth-order valence-electron chi connectivity index (χ4n) is 3.49. The van der Waals surface area contributed by atoms with Crippen LogP contribution in [0.3, 0.4) is 0 Å². The van der Waals surface area contributed by atoms with Crippen molar-refractivity contribution in [3.63, 3.8) is 0 Å². The fourth-order valence-corrected chi connectivity index (χ4v) is 3.49. The summed E-state index contributed by atoms with van der Waals surface area (Å²) in [7, 11) is 0. The number of hydrogen-bond acceptors (Lipinski definition) is 5. The van der Waals surface area contributed by atoms with Crippen molar-refractivity contribution in [3.8, 4) is 17.2 Å². The fraction of sp³-hybridized carbons (Fsp3) is 0.208. The number of phenols is 1. The summed E-state index contributed by atoms with van der Waals surface area (Å²) in [6.07, 6.45) is 0. The molecule has 4 rings (SSSR count). The minimum atomic E-state index is -0.0371. The maximum absolute atomic E-state index is 12.5. The van der Waals surface area contributed by atoms with Crippen LogP contribution >= 0.6 is 0 Å². The number of aromatic hydroxyl groups is 1. The molecule has 0 saturated carbocycles. The third-order valence-corrected chi connectivity index (χ3v) is 5.05. The number of para-hydroxylation sites is 1. The van der Waals surface area contributed by atoms with E-state index in [0.29, 0.717) is 12.3 Å². The number of ether oxygens (including phenoxy) is 1. The van der Waals surface area contributed by atoms with Crippen LogP contribution in [0.5, 0.6) is 17.2 Å². The molecule has 0 unspecified atom stereocenters. The first kappa shape index (κ1) is 19.8. The van der Waals surface area contributed by atoms with Crippen LogP contribution in [0.4, 0.5) is 11.4 Å². The molecule has 1 fully saturated rings. The van der Waals surface area contributed by atoms with E-state index >= 15 is 0 Å². The van der Waals surface area contributed by atoms with Crippen LogP contribution in [0.25, 0.3) is 0 Å². The number of nitrogens with one attached hydrogen (secondary N) is 1. The van der Waals surface area contributed by atoms with Crippen LogP contribution in [-0.2, 0) is 4.79 Å². The highest BCUT2D eigenvalue weighted by Crippen LogP contribution is 2.24. The van der Waals surface area contributed by atoms with Crippen molar-refractivity contribution in [3.05, 3.63) is 78.9 Å². The lowest BCUT2D eigenvalue weighted by Crippen LogP contribution is -2.48. The molecule has 30 heavy (non-hydrogen) atoms. The van der Waals surface area contributed by atoms with Gasteiger partial charge in [0.1, 0.15) is 17.2 Å². The highest BCUT2D eigenvalue weighted by atomic mass is 16.5. The summed E-state index contributed by atoms with van der Waals surface area (Å²) in [6.45, 7) is 3.67. The number of piperazine rings is 1. The molecular formula is C24H25N3O3. The molecule has 2 N–H and O–H groups in total. The maximum atomic E-state index is 12.5. The maximum Gasteiger partial charge on any atom is 0.238 e. The molecule has 0 radical (unpaired) electrons. The molecule has 1 aliphatic rings. The second kappa shape index (κ2) is 9.33. The molecular weight excluding hydrogens is 378 g/mol. The quantitative estimate of drug-likeness (QED) is 0.653. The van der Waals surface area contributed by atoms with Gasteiger partial charge in [-0.05, 0) is 48.5 Å². The van der Waals surface area contributed by atoms with Crippen molar-refractivity contribution in [1.29, 1.82) is 0 Å². The molecule has 0 atom stereocenters. The smallest absolute Gasteiger partial charge is 0.238 e. The van der Waals surface area contributed by atoms with E-state index in [-0.39, 0.29) is 11.7 Å². The number of nitrogens with zero attached hydrogens (tertiary/aromatic N) is 2. The van der Waals surface area contributed by atoms with Crippen LogP contribution in [0.1, 0.15) is 0 Å². The van der Waals surface area contributed by atoms with E-state index in [1.165, 1.54) is 0 Å². The number of phenolic OH excluding ortho intramolecular Hbond substituents is 1. The van der Waals surface area contributed by atoms with Gasteiger partial charge >= 0.3 is 0 Å². The van der Waals surface area contributed by atoms with E-state index in [2.05, 4.69) is 15.1 Å². The van der Waals surface area contributed by atoms with Gasteiger partial charge in [0, 0.05) is 43.6 Å². The van der Waals surface area contributed by atoms with E-state index in [0.717, 1.165) is 43.3 Å². The highest BCUT2D eigenvalue weighted by Gasteiger charge is 2.19. The lowest BCUT2D eigenvalue weighted by molar-refractivity contribution is -0.117. The highest BCUT2D eigenvalue weighted by molar-refractivity contribution is 5.92. The molecule has 6 heteroatoms. The zero-order chi connectivity index (χ0) is 20.8. The van der Waals surface area contributed by atoms with Gasteiger partial charge in [-0.3, -0.25) is 9.69 Å². The first-order valence-electron chi connectivity index (χ1n) is 10.0. The summed E-state index contributed by atoms with van der Waals surface area (Å²) < 4.78 is 5.83. The van der Waals surface area contributed by atoms with Gasteiger partial charge in [-0.15, -0.1) is 0 Å². The molecule has 6 nitrogen and oxygen atoms in total. The topological polar surface area (TPSA) is 65.0 Å². The molecule has 0 bridgehead atoms. The molecule has 1 saturated heterocycles. The Morgan fingerprint density at radius 2 is 1.57 bits per heavy atom. The predicted octanol–water partition coefficient (Wildman–Crippen LogP) is 3.95. The van der Waals surface area contributed by atoms with E-state index in [1.54, 1.807) is 12.1 Å². The Morgan fingerprint density at radius 1 is 0.867 bits per heavy atom.